The Labute approximate surface area is 164 Å². The Morgan fingerprint density at radius 3 is 2.00 bits per heavy atom. The van der Waals surface area contributed by atoms with E-state index in [1.165, 1.54) is 0 Å². The summed E-state index contributed by atoms with van der Waals surface area (Å²) in [7, 11) is 3.32. The lowest BCUT2D eigenvalue weighted by molar-refractivity contribution is 0.414. The molecule has 0 saturated carbocycles. The van der Waals surface area contributed by atoms with Crippen LogP contribution >= 0.6 is 0 Å². The van der Waals surface area contributed by atoms with Crippen LogP contribution in [0.15, 0.2) is 72.8 Å². The number of benzene rings is 3. The predicted molar refractivity (Wildman–Crippen MR) is 111 cm³/mol. The van der Waals surface area contributed by atoms with Crippen LogP contribution in [0.3, 0.4) is 0 Å². The highest BCUT2D eigenvalue weighted by Gasteiger charge is 2.26. The van der Waals surface area contributed by atoms with Gasteiger partial charge < -0.3 is 24.8 Å². The van der Waals surface area contributed by atoms with E-state index in [0.717, 1.165) is 39.7 Å². The molecule has 142 valence electrons. The predicted octanol–water partition coefficient (Wildman–Crippen LogP) is 4.30. The molecule has 3 aromatic rings. The third kappa shape index (κ3) is 3.34. The zero-order valence-corrected chi connectivity index (χ0v) is 15.8. The molecule has 2 N–H and O–H groups in total. The smallest absolute Gasteiger partial charge is 0.118 e. The number of phenolic OH excluding ortho intramolecular Hbond substituents is 1. The van der Waals surface area contributed by atoms with Gasteiger partial charge in [-0.1, -0.05) is 6.07 Å². The fraction of sp³-hybridized carbons (Fsp3) is 0.130. The third-order valence-corrected chi connectivity index (χ3v) is 4.80. The van der Waals surface area contributed by atoms with Gasteiger partial charge in [-0.25, -0.2) is 0 Å². The van der Waals surface area contributed by atoms with E-state index in [2.05, 4.69) is 10.2 Å². The van der Waals surface area contributed by atoms with E-state index >= 15 is 0 Å². The van der Waals surface area contributed by atoms with E-state index in [0.29, 0.717) is 6.67 Å². The normalized spacial score (nSPS) is 13.4. The number of phenols is 1. The van der Waals surface area contributed by atoms with Crippen LogP contribution in [0.1, 0.15) is 11.1 Å². The molecule has 0 amide bonds. The Morgan fingerprint density at radius 1 is 0.821 bits per heavy atom. The summed E-state index contributed by atoms with van der Waals surface area (Å²) in [5.41, 5.74) is 5.10. The van der Waals surface area contributed by atoms with Crippen LogP contribution in [0.2, 0.25) is 0 Å². The molecule has 1 aliphatic rings. The number of nitrogens with zero attached hydrogens (tertiary/aromatic N) is 1. The van der Waals surface area contributed by atoms with Gasteiger partial charge in [0.25, 0.3) is 0 Å². The Kier molecular flexibility index (Phi) is 4.81. The topological polar surface area (TPSA) is 54.0 Å². The number of nitrogens with one attached hydrogen (secondary N) is 1. The number of hydrogen-bond donors (Lipinski definition) is 2. The van der Waals surface area contributed by atoms with E-state index in [1.807, 2.05) is 60.7 Å². The van der Waals surface area contributed by atoms with Crippen LogP contribution in [-0.2, 0) is 0 Å². The standard InChI is InChI=1S/C23H22N2O3/c1-27-20-10-6-16(7-11-20)22-23(17-8-12-21(28-2)13-9-17)25(15-24-22)18-4-3-5-19(26)14-18/h3-14,24,26H,15H2,1-2H3. The van der Waals surface area contributed by atoms with Crippen molar-refractivity contribution in [2.75, 3.05) is 25.8 Å². The van der Waals surface area contributed by atoms with Gasteiger partial charge in [-0.05, 0) is 60.7 Å². The Balaban J connectivity index is 1.84. The first-order valence-corrected chi connectivity index (χ1v) is 9.03. The maximum atomic E-state index is 9.95. The average Bonchev–Trinajstić information content (AvgIpc) is 3.19. The molecular weight excluding hydrogens is 352 g/mol. The van der Waals surface area contributed by atoms with Crippen molar-refractivity contribution in [1.29, 1.82) is 0 Å². The Bertz CT molecular complexity index is 995. The van der Waals surface area contributed by atoms with Crippen LogP contribution in [0.25, 0.3) is 11.4 Å². The number of hydrogen-bond acceptors (Lipinski definition) is 5. The van der Waals surface area contributed by atoms with Gasteiger partial charge in [-0.15, -0.1) is 0 Å². The first-order valence-electron chi connectivity index (χ1n) is 9.03. The summed E-state index contributed by atoms with van der Waals surface area (Å²) in [6, 6.07) is 23.2. The molecule has 1 heterocycles. The van der Waals surface area contributed by atoms with Crippen LogP contribution in [-0.4, -0.2) is 26.0 Å². The lowest BCUT2D eigenvalue weighted by atomic mass is 10.0. The van der Waals surface area contributed by atoms with E-state index in [1.54, 1.807) is 26.4 Å². The van der Waals surface area contributed by atoms with E-state index in [9.17, 15) is 5.11 Å². The van der Waals surface area contributed by atoms with Gasteiger partial charge in [0.2, 0.25) is 0 Å². The van der Waals surface area contributed by atoms with E-state index in [4.69, 9.17) is 9.47 Å². The summed E-state index contributed by atoms with van der Waals surface area (Å²) in [4.78, 5) is 2.15. The molecule has 5 nitrogen and oxygen atoms in total. The van der Waals surface area contributed by atoms with Crippen LogP contribution in [0.4, 0.5) is 5.69 Å². The molecule has 0 bridgehead atoms. The highest BCUT2D eigenvalue weighted by Crippen LogP contribution is 2.37. The first kappa shape index (κ1) is 17.8. The molecule has 3 aromatic carbocycles. The molecule has 0 saturated heterocycles. The number of methoxy groups -OCH3 is 2. The Morgan fingerprint density at radius 2 is 1.43 bits per heavy atom. The zero-order chi connectivity index (χ0) is 19.5. The summed E-state index contributed by atoms with van der Waals surface area (Å²) < 4.78 is 10.6. The average molecular weight is 374 g/mol. The zero-order valence-electron chi connectivity index (χ0n) is 15.8. The molecule has 1 aliphatic heterocycles. The van der Waals surface area contributed by atoms with Crippen molar-refractivity contribution in [3.8, 4) is 17.2 Å². The quantitative estimate of drug-likeness (QED) is 0.697. The van der Waals surface area contributed by atoms with Crippen molar-refractivity contribution in [2.24, 2.45) is 0 Å². The number of anilines is 1. The molecule has 0 fully saturated rings. The second kappa shape index (κ2) is 7.56. The van der Waals surface area contributed by atoms with E-state index in [-0.39, 0.29) is 5.75 Å². The highest BCUT2D eigenvalue weighted by molar-refractivity contribution is 5.99. The third-order valence-electron chi connectivity index (χ3n) is 4.80. The lowest BCUT2D eigenvalue weighted by Crippen LogP contribution is -2.22. The number of rotatable bonds is 5. The molecule has 0 aliphatic carbocycles. The summed E-state index contributed by atoms with van der Waals surface area (Å²) in [5, 5.41) is 13.5. The van der Waals surface area contributed by atoms with Crippen molar-refractivity contribution >= 4 is 17.1 Å². The second-order valence-electron chi connectivity index (χ2n) is 6.46. The molecular formula is C23H22N2O3. The monoisotopic (exact) mass is 374 g/mol. The number of aromatic hydroxyl groups is 1. The van der Waals surface area contributed by atoms with Crippen molar-refractivity contribution in [1.82, 2.24) is 5.32 Å². The fourth-order valence-electron chi connectivity index (χ4n) is 3.38. The van der Waals surface area contributed by atoms with Crippen molar-refractivity contribution in [2.45, 2.75) is 0 Å². The molecule has 0 aromatic heterocycles. The summed E-state index contributed by atoms with van der Waals surface area (Å²) in [5.74, 6) is 1.87. The summed E-state index contributed by atoms with van der Waals surface area (Å²) in [6.45, 7) is 0.603. The molecule has 28 heavy (non-hydrogen) atoms. The van der Waals surface area contributed by atoms with Gasteiger partial charge in [-0.3, -0.25) is 0 Å². The maximum Gasteiger partial charge on any atom is 0.118 e. The van der Waals surface area contributed by atoms with Crippen LogP contribution < -0.4 is 19.7 Å². The minimum Gasteiger partial charge on any atom is -0.508 e. The minimum atomic E-state index is 0.240. The van der Waals surface area contributed by atoms with Crippen LogP contribution in [0, 0.1) is 0 Å². The maximum absolute atomic E-state index is 9.95. The SMILES string of the molecule is COc1ccc(C2=C(c3ccc(OC)cc3)N(c3cccc(O)c3)CN2)cc1. The number of ether oxygens (including phenoxy) is 2. The van der Waals surface area contributed by atoms with Gasteiger partial charge >= 0.3 is 0 Å². The van der Waals surface area contributed by atoms with Gasteiger partial charge in [0.05, 0.1) is 32.3 Å². The van der Waals surface area contributed by atoms with Crippen LogP contribution in [0.5, 0.6) is 17.2 Å². The lowest BCUT2D eigenvalue weighted by Gasteiger charge is -2.22. The molecule has 0 unspecified atom stereocenters. The van der Waals surface area contributed by atoms with Crippen molar-refractivity contribution in [3.05, 3.63) is 83.9 Å². The molecule has 0 spiro atoms. The van der Waals surface area contributed by atoms with E-state index < -0.39 is 0 Å². The molecule has 4 rings (SSSR count). The van der Waals surface area contributed by atoms with Gasteiger partial charge in [0.1, 0.15) is 17.2 Å². The first-order chi connectivity index (χ1) is 13.7. The second-order valence-corrected chi connectivity index (χ2v) is 6.46. The fourth-order valence-corrected chi connectivity index (χ4v) is 3.38. The largest absolute Gasteiger partial charge is 0.508 e. The van der Waals surface area contributed by atoms with Crippen molar-refractivity contribution in [3.63, 3.8) is 0 Å². The minimum absolute atomic E-state index is 0.240. The van der Waals surface area contributed by atoms with Crippen molar-refractivity contribution < 1.29 is 14.6 Å². The van der Waals surface area contributed by atoms with Gasteiger partial charge in [0, 0.05) is 22.9 Å². The highest BCUT2D eigenvalue weighted by atomic mass is 16.5. The molecule has 5 heteroatoms. The molecule has 0 radical (unpaired) electrons. The summed E-state index contributed by atoms with van der Waals surface area (Å²) in [6.07, 6.45) is 0. The molecule has 0 atom stereocenters. The van der Waals surface area contributed by atoms with Gasteiger partial charge in [0.15, 0.2) is 0 Å². The summed E-state index contributed by atoms with van der Waals surface area (Å²) >= 11 is 0. The Hall–Kier alpha value is -3.60. The van der Waals surface area contributed by atoms with Gasteiger partial charge in [-0.2, -0.15) is 0 Å².